The van der Waals surface area contributed by atoms with E-state index in [4.69, 9.17) is 9.72 Å². The monoisotopic (exact) mass is 430 g/mol. The third-order valence-electron chi connectivity index (χ3n) is 5.82. The topological polar surface area (TPSA) is 67.7 Å². The molecule has 1 aromatic carbocycles. The number of nitrogens with zero attached hydrogens (tertiary/aromatic N) is 4. The lowest BCUT2D eigenvalue weighted by atomic mass is 9.92. The Morgan fingerprint density at radius 2 is 1.77 bits per heavy atom. The van der Waals surface area contributed by atoms with E-state index in [1.165, 1.54) is 18.2 Å². The Morgan fingerprint density at radius 1 is 1.07 bits per heavy atom. The van der Waals surface area contributed by atoms with Gasteiger partial charge in [-0.1, -0.05) is 37.7 Å². The van der Waals surface area contributed by atoms with Crippen molar-refractivity contribution in [1.29, 1.82) is 0 Å². The van der Waals surface area contributed by atoms with Crippen LogP contribution in [0.3, 0.4) is 0 Å². The summed E-state index contributed by atoms with van der Waals surface area (Å²) in [7, 11) is 0. The fraction of sp³-hybridized carbons (Fsp3) is 0.591. The fourth-order valence-electron chi connectivity index (χ4n) is 4.45. The van der Waals surface area contributed by atoms with E-state index in [-0.39, 0.29) is 18.4 Å². The minimum Gasteiger partial charge on any atom is -0.378 e. The van der Waals surface area contributed by atoms with Gasteiger partial charge >= 0.3 is 0 Å². The SMILES string of the molecule is C[C@@H]1C[C@@H](C)CN(C(=O)CSc2nc3ccccc3n2CC(=O)N2CCOCC2)C1. The van der Waals surface area contributed by atoms with Crippen molar-refractivity contribution in [2.24, 2.45) is 11.8 Å². The zero-order valence-corrected chi connectivity index (χ0v) is 18.6. The number of hydrogen-bond acceptors (Lipinski definition) is 5. The van der Waals surface area contributed by atoms with Gasteiger partial charge in [-0.05, 0) is 30.4 Å². The normalized spacial score (nSPS) is 22.5. The minimum absolute atomic E-state index is 0.0632. The molecule has 30 heavy (non-hydrogen) atoms. The second kappa shape index (κ2) is 9.39. The molecule has 8 heteroatoms. The van der Waals surface area contributed by atoms with Crippen LogP contribution in [0.5, 0.6) is 0 Å². The predicted molar refractivity (Wildman–Crippen MR) is 117 cm³/mol. The molecular weight excluding hydrogens is 400 g/mol. The summed E-state index contributed by atoms with van der Waals surface area (Å²) in [4.78, 5) is 34.2. The van der Waals surface area contributed by atoms with Gasteiger partial charge in [0, 0.05) is 26.2 Å². The van der Waals surface area contributed by atoms with Crippen molar-refractivity contribution in [3.8, 4) is 0 Å². The second-order valence-electron chi connectivity index (χ2n) is 8.50. The van der Waals surface area contributed by atoms with Crippen LogP contribution in [0, 0.1) is 11.8 Å². The van der Waals surface area contributed by atoms with E-state index in [1.807, 2.05) is 38.6 Å². The van der Waals surface area contributed by atoms with Crippen LogP contribution in [0.15, 0.2) is 29.4 Å². The quantitative estimate of drug-likeness (QED) is 0.682. The summed E-state index contributed by atoms with van der Waals surface area (Å²) >= 11 is 1.43. The molecule has 0 radical (unpaired) electrons. The summed E-state index contributed by atoms with van der Waals surface area (Å²) in [5.74, 6) is 1.63. The van der Waals surface area contributed by atoms with Crippen molar-refractivity contribution in [3.63, 3.8) is 0 Å². The van der Waals surface area contributed by atoms with Crippen molar-refractivity contribution in [2.45, 2.75) is 32.0 Å². The molecule has 2 atom stereocenters. The second-order valence-corrected chi connectivity index (χ2v) is 9.44. The molecule has 2 aromatic rings. The van der Waals surface area contributed by atoms with Crippen LogP contribution in [-0.2, 0) is 20.9 Å². The Balaban J connectivity index is 1.48. The molecule has 2 aliphatic heterocycles. The molecule has 0 N–H and O–H groups in total. The number of amides is 2. The van der Waals surface area contributed by atoms with Gasteiger partial charge in [0.1, 0.15) is 6.54 Å². The highest BCUT2D eigenvalue weighted by Crippen LogP contribution is 2.26. The smallest absolute Gasteiger partial charge is 0.242 e. The van der Waals surface area contributed by atoms with E-state index in [1.54, 1.807) is 0 Å². The Labute approximate surface area is 181 Å². The average Bonchev–Trinajstić information content (AvgIpc) is 3.09. The molecule has 1 aromatic heterocycles. The molecule has 0 saturated carbocycles. The van der Waals surface area contributed by atoms with E-state index in [0.717, 1.165) is 29.3 Å². The van der Waals surface area contributed by atoms with Gasteiger partial charge in [0.15, 0.2) is 5.16 Å². The third kappa shape index (κ3) is 4.81. The molecular formula is C22H30N4O3S. The number of morpholine rings is 1. The number of carbonyl (C=O) groups excluding carboxylic acids is 2. The van der Waals surface area contributed by atoms with Crippen LogP contribution in [0.4, 0.5) is 0 Å². The van der Waals surface area contributed by atoms with Crippen molar-refractivity contribution in [2.75, 3.05) is 45.1 Å². The number of hydrogen-bond donors (Lipinski definition) is 0. The molecule has 3 heterocycles. The highest BCUT2D eigenvalue weighted by Gasteiger charge is 2.26. The fourth-order valence-corrected chi connectivity index (χ4v) is 5.37. The Morgan fingerprint density at radius 3 is 2.50 bits per heavy atom. The molecule has 0 unspecified atom stereocenters. The van der Waals surface area contributed by atoms with Crippen LogP contribution in [-0.4, -0.2) is 76.3 Å². The first kappa shape index (κ1) is 21.2. The number of rotatable bonds is 5. The van der Waals surface area contributed by atoms with Gasteiger partial charge in [0.25, 0.3) is 0 Å². The first-order chi connectivity index (χ1) is 14.5. The van der Waals surface area contributed by atoms with E-state index < -0.39 is 0 Å². The van der Waals surface area contributed by atoms with Crippen molar-refractivity contribution >= 4 is 34.6 Å². The predicted octanol–water partition coefficient (Wildman–Crippen LogP) is 2.49. The van der Waals surface area contributed by atoms with Crippen LogP contribution >= 0.6 is 11.8 Å². The van der Waals surface area contributed by atoms with Crippen molar-refractivity contribution < 1.29 is 14.3 Å². The van der Waals surface area contributed by atoms with Gasteiger partial charge in [-0.15, -0.1) is 0 Å². The maximum Gasteiger partial charge on any atom is 0.242 e. The number of imidazole rings is 1. The lowest BCUT2D eigenvalue weighted by Crippen LogP contribution is -2.43. The van der Waals surface area contributed by atoms with Crippen LogP contribution in [0.1, 0.15) is 20.3 Å². The van der Waals surface area contributed by atoms with E-state index >= 15 is 0 Å². The number of carbonyl (C=O) groups is 2. The molecule has 2 fully saturated rings. The largest absolute Gasteiger partial charge is 0.378 e. The van der Waals surface area contributed by atoms with E-state index in [0.29, 0.717) is 43.9 Å². The summed E-state index contributed by atoms with van der Waals surface area (Å²) in [6.07, 6.45) is 1.18. The Kier molecular flexibility index (Phi) is 6.63. The zero-order valence-electron chi connectivity index (χ0n) is 17.7. The highest BCUT2D eigenvalue weighted by atomic mass is 32.2. The molecule has 7 nitrogen and oxygen atoms in total. The van der Waals surface area contributed by atoms with Crippen molar-refractivity contribution in [3.05, 3.63) is 24.3 Å². The lowest BCUT2D eigenvalue weighted by molar-refractivity contribution is -0.136. The number of para-hydroxylation sites is 2. The molecule has 2 aliphatic rings. The number of likely N-dealkylation sites (tertiary alicyclic amines) is 1. The number of fused-ring (bicyclic) bond motifs is 1. The van der Waals surface area contributed by atoms with Crippen molar-refractivity contribution in [1.82, 2.24) is 19.4 Å². The standard InChI is InChI=1S/C22H30N4O3S/c1-16-11-17(2)13-25(12-16)21(28)15-30-22-23-18-5-3-4-6-19(18)26(22)14-20(27)24-7-9-29-10-8-24/h3-6,16-17H,7-15H2,1-2H3/t16-,17-/m1/s1. The summed E-state index contributed by atoms with van der Waals surface area (Å²) in [5, 5.41) is 0.726. The molecule has 2 amide bonds. The van der Waals surface area contributed by atoms with Gasteiger partial charge in [-0.25, -0.2) is 4.98 Å². The third-order valence-corrected chi connectivity index (χ3v) is 6.78. The zero-order chi connectivity index (χ0) is 21.1. The minimum atomic E-state index is 0.0632. The molecule has 4 rings (SSSR count). The number of aromatic nitrogens is 2. The van der Waals surface area contributed by atoms with Gasteiger partial charge in [-0.2, -0.15) is 0 Å². The van der Waals surface area contributed by atoms with E-state index in [2.05, 4.69) is 13.8 Å². The average molecular weight is 431 g/mol. The van der Waals surface area contributed by atoms with E-state index in [9.17, 15) is 9.59 Å². The summed E-state index contributed by atoms with van der Waals surface area (Å²) in [5.41, 5.74) is 1.77. The highest BCUT2D eigenvalue weighted by molar-refractivity contribution is 7.99. The first-order valence-corrected chi connectivity index (χ1v) is 11.7. The molecule has 162 valence electrons. The van der Waals surface area contributed by atoms with Gasteiger partial charge in [-0.3, -0.25) is 9.59 Å². The summed E-state index contributed by atoms with van der Waals surface area (Å²) in [6.45, 7) is 8.72. The maximum atomic E-state index is 12.9. The molecule has 0 bridgehead atoms. The van der Waals surface area contributed by atoms with Crippen LogP contribution < -0.4 is 0 Å². The Bertz CT molecular complexity index is 899. The lowest BCUT2D eigenvalue weighted by Gasteiger charge is -2.35. The molecule has 0 spiro atoms. The Hall–Kier alpha value is -2.06. The summed E-state index contributed by atoms with van der Waals surface area (Å²) < 4.78 is 7.31. The summed E-state index contributed by atoms with van der Waals surface area (Å²) in [6, 6.07) is 7.83. The van der Waals surface area contributed by atoms with Crippen LogP contribution in [0.25, 0.3) is 11.0 Å². The number of piperidine rings is 1. The number of thioether (sulfide) groups is 1. The van der Waals surface area contributed by atoms with Gasteiger partial charge < -0.3 is 19.1 Å². The molecule has 2 saturated heterocycles. The number of ether oxygens (including phenoxy) is 1. The number of benzene rings is 1. The van der Waals surface area contributed by atoms with Crippen LogP contribution in [0.2, 0.25) is 0 Å². The molecule has 0 aliphatic carbocycles. The maximum absolute atomic E-state index is 12.9. The van der Waals surface area contributed by atoms with Gasteiger partial charge in [0.05, 0.1) is 30.0 Å². The van der Waals surface area contributed by atoms with Gasteiger partial charge in [0.2, 0.25) is 11.8 Å². The first-order valence-electron chi connectivity index (χ1n) is 10.7.